The minimum absolute atomic E-state index is 0.0320. The second-order valence-corrected chi connectivity index (χ2v) is 5.27. The Bertz CT molecular complexity index is 423. The predicted octanol–water partition coefficient (Wildman–Crippen LogP) is 1.72. The number of nitrogens with two attached hydrogens (primary N) is 1. The van der Waals surface area contributed by atoms with Crippen LogP contribution in [0.3, 0.4) is 0 Å². The maximum absolute atomic E-state index is 6.37. The molecular weight excluding hydrogens is 240 g/mol. The maximum Gasteiger partial charge on any atom is 0.123 e. The summed E-state index contributed by atoms with van der Waals surface area (Å²) in [6, 6.07) is 6.56. The number of rotatable bonds is 4. The van der Waals surface area contributed by atoms with Crippen molar-refractivity contribution in [1.82, 2.24) is 4.90 Å². The smallest absolute Gasteiger partial charge is 0.123 e. The van der Waals surface area contributed by atoms with Crippen LogP contribution in [0.5, 0.6) is 5.75 Å². The van der Waals surface area contributed by atoms with E-state index in [4.69, 9.17) is 15.2 Å². The van der Waals surface area contributed by atoms with Gasteiger partial charge < -0.3 is 15.2 Å². The minimum atomic E-state index is -0.0320. The van der Waals surface area contributed by atoms with Gasteiger partial charge in [-0.15, -0.1) is 0 Å². The summed E-state index contributed by atoms with van der Waals surface area (Å²) in [6.07, 6.45) is 0. The summed E-state index contributed by atoms with van der Waals surface area (Å²) < 4.78 is 10.9. The van der Waals surface area contributed by atoms with Gasteiger partial charge in [0.1, 0.15) is 5.75 Å². The van der Waals surface area contributed by atoms with Gasteiger partial charge in [-0.1, -0.05) is 17.7 Å². The Balaban J connectivity index is 2.10. The fourth-order valence-corrected chi connectivity index (χ4v) is 2.53. The van der Waals surface area contributed by atoms with Gasteiger partial charge in [0.15, 0.2) is 0 Å². The molecule has 19 heavy (non-hydrogen) atoms. The first kappa shape index (κ1) is 14.3. The van der Waals surface area contributed by atoms with Crippen molar-refractivity contribution in [1.29, 1.82) is 0 Å². The molecule has 0 aromatic heterocycles. The van der Waals surface area contributed by atoms with Crippen LogP contribution in [0.4, 0.5) is 0 Å². The van der Waals surface area contributed by atoms with E-state index in [1.54, 1.807) is 7.11 Å². The standard InChI is InChI=1S/C15H24N2O2/c1-11-4-5-15(18-3)13(8-11)14(16)9-17-6-7-19-10-12(17)2/h4-5,8,12,14H,6-7,9-10,16H2,1-3H3. The van der Waals surface area contributed by atoms with Crippen LogP contribution in [0.1, 0.15) is 24.1 Å². The molecule has 2 unspecified atom stereocenters. The van der Waals surface area contributed by atoms with Crippen LogP contribution in [-0.2, 0) is 4.74 Å². The zero-order chi connectivity index (χ0) is 13.8. The van der Waals surface area contributed by atoms with E-state index in [0.717, 1.165) is 37.6 Å². The van der Waals surface area contributed by atoms with E-state index in [1.165, 1.54) is 5.56 Å². The van der Waals surface area contributed by atoms with Crippen molar-refractivity contribution >= 4 is 0 Å². The van der Waals surface area contributed by atoms with E-state index >= 15 is 0 Å². The molecule has 0 bridgehead atoms. The van der Waals surface area contributed by atoms with Gasteiger partial charge in [0.25, 0.3) is 0 Å². The number of hydrogen-bond donors (Lipinski definition) is 1. The van der Waals surface area contributed by atoms with Crippen LogP contribution >= 0.6 is 0 Å². The summed E-state index contributed by atoms with van der Waals surface area (Å²) in [5.41, 5.74) is 8.66. The number of hydrogen-bond acceptors (Lipinski definition) is 4. The average Bonchev–Trinajstić information content (AvgIpc) is 2.41. The Morgan fingerprint density at radius 2 is 2.32 bits per heavy atom. The lowest BCUT2D eigenvalue weighted by atomic mass is 10.0. The number of morpholine rings is 1. The Morgan fingerprint density at radius 1 is 1.53 bits per heavy atom. The van der Waals surface area contributed by atoms with Crippen molar-refractivity contribution < 1.29 is 9.47 Å². The highest BCUT2D eigenvalue weighted by Gasteiger charge is 2.22. The molecule has 1 aliphatic heterocycles. The summed E-state index contributed by atoms with van der Waals surface area (Å²) >= 11 is 0. The number of benzene rings is 1. The lowest BCUT2D eigenvalue weighted by Gasteiger charge is -2.35. The Kier molecular flexibility index (Phi) is 4.80. The van der Waals surface area contributed by atoms with Gasteiger partial charge in [-0.2, -0.15) is 0 Å². The number of aryl methyl sites for hydroxylation is 1. The van der Waals surface area contributed by atoms with Gasteiger partial charge in [-0.3, -0.25) is 4.90 Å². The van der Waals surface area contributed by atoms with Crippen molar-refractivity contribution in [3.05, 3.63) is 29.3 Å². The first-order valence-corrected chi connectivity index (χ1v) is 6.83. The molecule has 2 rings (SSSR count). The fraction of sp³-hybridized carbons (Fsp3) is 0.600. The van der Waals surface area contributed by atoms with E-state index in [0.29, 0.717) is 6.04 Å². The highest BCUT2D eigenvalue weighted by Crippen LogP contribution is 2.26. The zero-order valence-corrected chi connectivity index (χ0v) is 12.1. The summed E-state index contributed by atoms with van der Waals surface area (Å²) in [5, 5.41) is 0. The normalized spacial score (nSPS) is 22.2. The second kappa shape index (κ2) is 6.37. The van der Waals surface area contributed by atoms with Crippen molar-refractivity contribution in [2.45, 2.75) is 25.9 Å². The topological polar surface area (TPSA) is 47.7 Å². The molecule has 0 aliphatic carbocycles. The van der Waals surface area contributed by atoms with Crippen molar-refractivity contribution in [3.63, 3.8) is 0 Å². The first-order chi connectivity index (χ1) is 9.11. The van der Waals surface area contributed by atoms with Crippen LogP contribution in [0.25, 0.3) is 0 Å². The third-order valence-corrected chi connectivity index (χ3v) is 3.72. The molecule has 4 nitrogen and oxygen atoms in total. The summed E-state index contributed by atoms with van der Waals surface area (Å²) in [6.45, 7) is 7.62. The molecule has 0 saturated carbocycles. The summed E-state index contributed by atoms with van der Waals surface area (Å²) in [4.78, 5) is 2.38. The number of nitrogens with zero attached hydrogens (tertiary/aromatic N) is 1. The van der Waals surface area contributed by atoms with Gasteiger partial charge >= 0.3 is 0 Å². The lowest BCUT2D eigenvalue weighted by Crippen LogP contribution is -2.46. The molecule has 0 amide bonds. The van der Waals surface area contributed by atoms with Crippen molar-refractivity contribution in [3.8, 4) is 5.75 Å². The van der Waals surface area contributed by atoms with E-state index < -0.39 is 0 Å². The van der Waals surface area contributed by atoms with Crippen LogP contribution in [-0.4, -0.2) is 44.4 Å². The number of methoxy groups -OCH3 is 1. The zero-order valence-electron chi connectivity index (χ0n) is 12.1. The molecule has 1 aromatic rings. The molecule has 106 valence electrons. The van der Waals surface area contributed by atoms with Crippen LogP contribution in [0.15, 0.2) is 18.2 Å². The van der Waals surface area contributed by atoms with Crippen LogP contribution in [0, 0.1) is 6.92 Å². The number of ether oxygens (including phenoxy) is 2. The van der Waals surface area contributed by atoms with Crippen molar-refractivity contribution in [2.24, 2.45) is 5.73 Å². The molecule has 2 N–H and O–H groups in total. The summed E-state index contributed by atoms with van der Waals surface area (Å²) in [5.74, 6) is 0.874. The highest BCUT2D eigenvalue weighted by atomic mass is 16.5. The van der Waals surface area contributed by atoms with Gasteiger partial charge in [-0.25, -0.2) is 0 Å². The molecular formula is C15H24N2O2. The molecule has 1 aromatic carbocycles. The molecule has 2 atom stereocenters. The molecule has 1 fully saturated rings. The molecule has 4 heteroatoms. The van der Waals surface area contributed by atoms with Gasteiger partial charge in [0.05, 0.1) is 20.3 Å². The van der Waals surface area contributed by atoms with Crippen LogP contribution in [0.2, 0.25) is 0 Å². The average molecular weight is 264 g/mol. The first-order valence-electron chi connectivity index (χ1n) is 6.83. The SMILES string of the molecule is COc1ccc(C)cc1C(N)CN1CCOCC1C. The van der Waals surface area contributed by atoms with Crippen molar-refractivity contribution in [2.75, 3.05) is 33.4 Å². The highest BCUT2D eigenvalue weighted by molar-refractivity contribution is 5.39. The van der Waals surface area contributed by atoms with Gasteiger partial charge in [0, 0.05) is 30.7 Å². The third-order valence-electron chi connectivity index (χ3n) is 3.72. The molecule has 1 heterocycles. The fourth-order valence-electron chi connectivity index (χ4n) is 2.53. The van der Waals surface area contributed by atoms with Crippen LogP contribution < -0.4 is 10.5 Å². The van der Waals surface area contributed by atoms with Gasteiger partial charge in [0.2, 0.25) is 0 Å². The van der Waals surface area contributed by atoms with E-state index in [-0.39, 0.29) is 6.04 Å². The minimum Gasteiger partial charge on any atom is -0.496 e. The lowest BCUT2D eigenvalue weighted by molar-refractivity contribution is -0.00288. The predicted molar refractivity (Wildman–Crippen MR) is 76.5 cm³/mol. The van der Waals surface area contributed by atoms with E-state index in [1.807, 2.05) is 12.1 Å². The van der Waals surface area contributed by atoms with E-state index in [2.05, 4.69) is 24.8 Å². The largest absolute Gasteiger partial charge is 0.496 e. The Labute approximate surface area is 115 Å². The second-order valence-electron chi connectivity index (χ2n) is 5.27. The summed E-state index contributed by atoms with van der Waals surface area (Å²) in [7, 11) is 1.69. The monoisotopic (exact) mass is 264 g/mol. The van der Waals surface area contributed by atoms with E-state index in [9.17, 15) is 0 Å². The Hall–Kier alpha value is -1.10. The molecule has 0 spiro atoms. The quantitative estimate of drug-likeness (QED) is 0.899. The maximum atomic E-state index is 6.37. The van der Waals surface area contributed by atoms with Gasteiger partial charge in [-0.05, 0) is 19.9 Å². The third kappa shape index (κ3) is 3.47. The molecule has 0 radical (unpaired) electrons. The molecule has 1 aliphatic rings. The Morgan fingerprint density at radius 3 is 3.00 bits per heavy atom. The molecule has 1 saturated heterocycles.